The van der Waals surface area contributed by atoms with Crippen LogP contribution < -0.4 is 0 Å². The van der Waals surface area contributed by atoms with Crippen molar-refractivity contribution in [3.05, 3.63) is 71.9 Å². The van der Waals surface area contributed by atoms with E-state index in [4.69, 9.17) is 9.47 Å². The highest BCUT2D eigenvalue weighted by Gasteiger charge is 2.32. The minimum atomic E-state index is -0.313. The van der Waals surface area contributed by atoms with Gasteiger partial charge in [0.05, 0.1) is 18.3 Å². The SMILES string of the molecule is C/C=C/C1O[C@H](C/C=C/C=C(\C)C[C@@H](C)/C=C(C)\C=C\C2CC=CC(=O)O2)C[C@@H](O)[C@@H]1C. The van der Waals surface area contributed by atoms with Gasteiger partial charge in [-0.3, -0.25) is 0 Å². The quantitative estimate of drug-likeness (QED) is 0.271. The molecule has 4 heteroatoms. The molecule has 1 N–H and O–H groups in total. The van der Waals surface area contributed by atoms with Crippen molar-refractivity contribution in [1.29, 1.82) is 0 Å². The van der Waals surface area contributed by atoms with Crippen LogP contribution >= 0.6 is 0 Å². The fourth-order valence-corrected chi connectivity index (χ4v) is 4.18. The number of aliphatic hydroxyl groups is 1. The molecule has 0 bridgehead atoms. The zero-order valence-corrected chi connectivity index (χ0v) is 20.2. The molecule has 0 aromatic rings. The van der Waals surface area contributed by atoms with E-state index in [-0.39, 0.29) is 36.3 Å². The standard InChI is InChI=1S/C28H40O4/c1-6-10-27-23(5)26(29)19-25(31-27)12-8-7-11-20(2)17-22(4)18-21(3)15-16-24-13-9-14-28(30)32-24/h6-11,14-16,18,22-27,29H,12-13,17,19H2,1-5H3/b8-7+,10-6+,16-15+,20-11+,21-18-/t22-,23+,24?,25-,26-,27?/m1/s1. The summed E-state index contributed by atoms with van der Waals surface area (Å²) in [5.74, 6) is 0.280. The van der Waals surface area contributed by atoms with Crippen LogP contribution in [0.2, 0.25) is 0 Å². The van der Waals surface area contributed by atoms with Crippen LogP contribution in [-0.4, -0.2) is 35.5 Å². The molecule has 0 amide bonds. The molecule has 0 radical (unpaired) electrons. The van der Waals surface area contributed by atoms with Crippen LogP contribution in [-0.2, 0) is 14.3 Å². The van der Waals surface area contributed by atoms with Crippen LogP contribution in [0.5, 0.6) is 0 Å². The summed E-state index contributed by atoms with van der Waals surface area (Å²) in [6.07, 6.45) is 22.8. The van der Waals surface area contributed by atoms with Crippen LogP contribution in [0.4, 0.5) is 0 Å². The van der Waals surface area contributed by atoms with Crippen molar-refractivity contribution in [2.75, 3.05) is 0 Å². The molecule has 0 spiro atoms. The first-order chi connectivity index (χ1) is 15.3. The smallest absolute Gasteiger partial charge is 0.331 e. The second-order valence-electron chi connectivity index (χ2n) is 9.15. The maximum Gasteiger partial charge on any atom is 0.331 e. The molecule has 176 valence electrons. The maximum absolute atomic E-state index is 11.3. The lowest BCUT2D eigenvalue weighted by atomic mass is 9.89. The van der Waals surface area contributed by atoms with Crippen LogP contribution in [0.25, 0.3) is 0 Å². The summed E-state index contributed by atoms with van der Waals surface area (Å²) >= 11 is 0. The number of hydrogen-bond acceptors (Lipinski definition) is 4. The molecule has 1 saturated heterocycles. The molecular formula is C28H40O4. The van der Waals surface area contributed by atoms with Gasteiger partial charge in [-0.15, -0.1) is 0 Å². The first kappa shape index (κ1) is 26.1. The Morgan fingerprint density at radius 1 is 1.31 bits per heavy atom. The van der Waals surface area contributed by atoms with Gasteiger partial charge >= 0.3 is 5.97 Å². The number of aliphatic hydroxyl groups excluding tert-OH is 1. The monoisotopic (exact) mass is 440 g/mol. The summed E-state index contributed by atoms with van der Waals surface area (Å²) in [5.41, 5.74) is 2.49. The molecule has 2 unspecified atom stereocenters. The van der Waals surface area contributed by atoms with Gasteiger partial charge in [0.25, 0.3) is 0 Å². The van der Waals surface area contributed by atoms with Crippen LogP contribution in [0.1, 0.15) is 60.3 Å². The molecule has 2 rings (SSSR count). The van der Waals surface area contributed by atoms with Gasteiger partial charge in [-0.25, -0.2) is 4.79 Å². The Morgan fingerprint density at radius 3 is 2.81 bits per heavy atom. The van der Waals surface area contributed by atoms with Gasteiger partial charge in [0.1, 0.15) is 6.10 Å². The van der Waals surface area contributed by atoms with E-state index in [2.05, 4.69) is 45.1 Å². The van der Waals surface area contributed by atoms with Crippen molar-refractivity contribution < 1.29 is 19.4 Å². The third kappa shape index (κ3) is 9.13. The van der Waals surface area contributed by atoms with Gasteiger partial charge in [-0.1, -0.05) is 73.6 Å². The van der Waals surface area contributed by atoms with Gasteiger partial charge in [0.15, 0.2) is 0 Å². The number of rotatable bonds is 9. The van der Waals surface area contributed by atoms with E-state index < -0.39 is 0 Å². The number of ether oxygens (including phenoxy) is 2. The Balaban J connectivity index is 1.78. The van der Waals surface area contributed by atoms with Crippen molar-refractivity contribution in [2.24, 2.45) is 11.8 Å². The summed E-state index contributed by atoms with van der Waals surface area (Å²) in [4.78, 5) is 11.3. The summed E-state index contributed by atoms with van der Waals surface area (Å²) in [7, 11) is 0. The maximum atomic E-state index is 11.3. The highest BCUT2D eigenvalue weighted by molar-refractivity contribution is 5.82. The van der Waals surface area contributed by atoms with Crippen LogP contribution in [0, 0.1) is 11.8 Å². The van der Waals surface area contributed by atoms with Crippen molar-refractivity contribution in [1.82, 2.24) is 0 Å². The minimum absolute atomic E-state index is 0.00835. The van der Waals surface area contributed by atoms with Crippen molar-refractivity contribution in [2.45, 2.75) is 84.7 Å². The van der Waals surface area contributed by atoms with Gasteiger partial charge in [-0.2, -0.15) is 0 Å². The lowest BCUT2D eigenvalue weighted by Gasteiger charge is -2.36. The molecule has 1 fully saturated rings. The molecule has 2 heterocycles. The second-order valence-corrected chi connectivity index (χ2v) is 9.15. The fourth-order valence-electron chi connectivity index (χ4n) is 4.18. The van der Waals surface area contributed by atoms with E-state index >= 15 is 0 Å². The van der Waals surface area contributed by atoms with E-state index in [1.165, 1.54) is 17.2 Å². The molecule has 0 aromatic heterocycles. The van der Waals surface area contributed by atoms with Crippen molar-refractivity contribution in [3.8, 4) is 0 Å². The van der Waals surface area contributed by atoms with E-state index in [1.807, 2.05) is 44.2 Å². The summed E-state index contributed by atoms with van der Waals surface area (Å²) in [6.45, 7) is 10.5. The molecule has 2 aliphatic heterocycles. The Morgan fingerprint density at radius 2 is 2.09 bits per heavy atom. The number of carbonyl (C=O) groups excluding carboxylic acids is 1. The summed E-state index contributed by atoms with van der Waals surface area (Å²) in [5, 5.41) is 10.3. The molecular weight excluding hydrogens is 400 g/mol. The minimum Gasteiger partial charge on any atom is -0.455 e. The topological polar surface area (TPSA) is 55.8 Å². The third-order valence-corrected chi connectivity index (χ3v) is 5.93. The predicted octanol–water partition coefficient (Wildman–Crippen LogP) is 6.01. The largest absolute Gasteiger partial charge is 0.455 e. The molecule has 6 atom stereocenters. The van der Waals surface area contributed by atoms with E-state index in [1.54, 1.807) is 0 Å². The van der Waals surface area contributed by atoms with E-state index in [0.717, 1.165) is 19.3 Å². The highest BCUT2D eigenvalue weighted by Crippen LogP contribution is 2.28. The Kier molecular flexibility index (Phi) is 10.9. The summed E-state index contributed by atoms with van der Waals surface area (Å²) in [6, 6.07) is 0. The molecule has 0 aromatic carbocycles. The third-order valence-electron chi connectivity index (χ3n) is 5.93. The first-order valence-electron chi connectivity index (χ1n) is 11.8. The van der Waals surface area contributed by atoms with Crippen LogP contribution in [0.15, 0.2) is 71.9 Å². The number of allylic oxidation sites excluding steroid dienone is 7. The Hall–Kier alpha value is -2.17. The van der Waals surface area contributed by atoms with Gasteiger partial charge < -0.3 is 14.6 Å². The lowest BCUT2D eigenvalue weighted by molar-refractivity contribution is -0.141. The van der Waals surface area contributed by atoms with Gasteiger partial charge in [0.2, 0.25) is 0 Å². The van der Waals surface area contributed by atoms with Gasteiger partial charge in [0, 0.05) is 24.8 Å². The number of carbonyl (C=O) groups is 1. The normalized spacial score (nSPS) is 31.1. The molecule has 32 heavy (non-hydrogen) atoms. The lowest BCUT2D eigenvalue weighted by Crippen LogP contribution is -2.41. The average Bonchev–Trinajstić information content (AvgIpc) is 2.73. The molecule has 0 aliphatic carbocycles. The van der Waals surface area contributed by atoms with E-state index in [0.29, 0.717) is 12.3 Å². The Labute approximate surface area is 194 Å². The Bertz CT molecular complexity index is 783. The molecule has 0 saturated carbocycles. The first-order valence-corrected chi connectivity index (χ1v) is 11.8. The summed E-state index contributed by atoms with van der Waals surface area (Å²) < 4.78 is 11.4. The zero-order chi connectivity index (χ0) is 23.5. The number of cyclic esters (lactones) is 1. The number of esters is 1. The second kappa shape index (κ2) is 13.4. The van der Waals surface area contributed by atoms with Crippen molar-refractivity contribution in [3.63, 3.8) is 0 Å². The zero-order valence-electron chi connectivity index (χ0n) is 20.2. The van der Waals surface area contributed by atoms with Crippen LogP contribution in [0.3, 0.4) is 0 Å². The predicted molar refractivity (Wildman–Crippen MR) is 131 cm³/mol. The van der Waals surface area contributed by atoms with Crippen molar-refractivity contribution >= 4 is 5.97 Å². The average molecular weight is 441 g/mol. The van der Waals surface area contributed by atoms with Gasteiger partial charge in [-0.05, 0) is 45.6 Å². The highest BCUT2D eigenvalue weighted by atomic mass is 16.5. The van der Waals surface area contributed by atoms with E-state index in [9.17, 15) is 9.90 Å². The molecule has 2 aliphatic rings. The number of hydrogen-bond donors (Lipinski definition) is 1. The molecule has 4 nitrogen and oxygen atoms in total. The fraction of sp³-hybridized carbons (Fsp3) is 0.536.